The van der Waals surface area contributed by atoms with Crippen molar-refractivity contribution in [2.45, 2.75) is 32.2 Å². The van der Waals surface area contributed by atoms with Gasteiger partial charge in [0.1, 0.15) is 5.82 Å². The van der Waals surface area contributed by atoms with Crippen molar-refractivity contribution < 1.29 is 9.13 Å². The third-order valence-corrected chi connectivity index (χ3v) is 4.08. The molecule has 20 heavy (non-hydrogen) atoms. The molecule has 1 aliphatic rings. The molecule has 0 bridgehead atoms. The van der Waals surface area contributed by atoms with E-state index in [0.29, 0.717) is 5.92 Å². The summed E-state index contributed by atoms with van der Waals surface area (Å²) in [5, 5.41) is 0. The monoisotopic (exact) mass is 280 g/mol. The SMILES string of the molecule is CCC(N)Cc1cc(F)ccc1N1CCC(COC)C1. The van der Waals surface area contributed by atoms with Crippen LogP contribution in [0.4, 0.5) is 10.1 Å². The largest absolute Gasteiger partial charge is 0.384 e. The summed E-state index contributed by atoms with van der Waals surface area (Å²) in [4.78, 5) is 2.33. The summed E-state index contributed by atoms with van der Waals surface area (Å²) in [6.07, 6.45) is 2.77. The van der Waals surface area contributed by atoms with Crippen molar-refractivity contribution in [3.63, 3.8) is 0 Å². The van der Waals surface area contributed by atoms with Crippen LogP contribution in [0.15, 0.2) is 18.2 Å². The van der Waals surface area contributed by atoms with Crippen LogP contribution in [0.25, 0.3) is 0 Å². The zero-order chi connectivity index (χ0) is 14.5. The molecule has 112 valence electrons. The molecule has 1 saturated heterocycles. The Balaban J connectivity index is 2.14. The number of halogens is 1. The molecule has 2 unspecified atom stereocenters. The lowest BCUT2D eigenvalue weighted by molar-refractivity contribution is 0.161. The number of nitrogens with zero attached hydrogens (tertiary/aromatic N) is 1. The molecule has 1 aromatic carbocycles. The van der Waals surface area contributed by atoms with Crippen molar-refractivity contribution in [3.05, 3.63) is 29.6 Å². The molecule has 2 atom stereocenters. The second-order valence-electron chi connectivity index (χ2n) is 5.70. The normalized spacial score (nSPS) is 20.4. The van der Waals surface area contributed by atoms with Gasteiger partial charge < -0.3 is 15.4 Å². The predicted octanol–water partition coefficient (Wildman–Crippen LogP) is 2.58. The van der Waals surface area contributed by atoms with Gasteiger partial charge in [-0.15, -0.1) is 0 Å². The average molecular weight is 280 g/mol. The summed E-state index contributed by atoms with van der Waals surface area (Å²) in [5.74, 6) is 0.387. The molecule has 1 aromatic rings. The van der Waals surface area contributed by atoms with Crippen LogP contribution < -0.4 is 10.6 Å². The first kappa shape index (κ1) is 15.3. The van der Waals surface area contributed by atoms with Crippen molar-refractivity contribution in [2.75, 3.05) is 31.7 Å². The number of ether oxygens (including phenoxy) is 1. The van der Waals surface area contributed by atoms with Gasteiger partial charge >= 0.3 is 0 Å². The molecular weight excluding hydrogens is 255 g/mol. The summed E-state index contributed by atoms with van der Waals surface area (Å²) in [6, 6.07) is 5.16. The van der Waals surface area contributed by atoms with Crippen LogP contribution in [0.2, 0.25) is 0 Å². The van der Waals surface area contributed by atoms with Crippen LogP contribution in [-0.2, 0) is 11.2 Å². The van der Waals surface area contributed by atoms with Crippen LogP contribution in [0.5, 0.6) is 0 Å². The third-order valence-electron chi connectivity index (χ3n) is 4.08. The van der Waals surface area contributed by atoms with Gasteiger partial charge in [0.05, 0.1) is 6.61 Å². The Labute approximate surface area is 120 Å². The Morgan fingerprint density at radius 1 is 1.50 bits per heavy atom. The first-order valence-corrected chi connectivity index (χ1v) is 7.42. The highest BCUT2D eigenvalue weighted by Gasteiger charge is 2.24. The number of anilines is 1. The molecule has 2 rings (SSSR count). The topological polar surface area (TPSA) is 38.5 Å². The minimum Gasteiger partial charge on any atom is -0.384 e. The van der Waals surface area contributed by atoms with E-state index in [1.165, 1.54) is 0 Å². The molecule has 1 fully saturated rings. The van der Waals surface area contributed by atoms with Crippen LogP contribution in [-0.4, -0.2) is 32.8 Å². The molecular formula is C16H25FN2O. The summed E-state index contributed by atoms with van der Waals surface area (Å²) in [6.45, 7) is 4.84. The highest BCUT2D eigenvalue weighted by atomic mass is 19.1. The molecule has 0 aliphatic carbocycles. The number of benzene rings is 1. The van der Waals surface area contributed by atoms with Gasteiger partial charge in [0.25, 0.3) is 0 Å². The van der Waals surface area contributed by atoms with Crippen LogP contribution in [0, 0.1) is 11.7 Å². The van der Waals surface area contributed by atoms with Crippen molar-refractivity contribution in [3.8, 4) is 0 Å². The predicted molar refractivity (Wildman–Crippen MR) is 80.6 cm³/mol. The maximum atomic E-state index is 13.5. The quantitative estimate of drug-likeness (QED) is 0.870. The fraction of sp³-hybridized carbons (Fsp3) is 0.625. The number of nitrogens with two attached hydrogens (primary N) is 1. The highest BCUT2D eigenvalue weighted by Crippen LogP contribution is 2.28. The second kappa shape index (κ2) is 7.04. The standard InChI is InChI=1S/C16H25FN2O/c1-3-15(18)9-13-8-14(17)4-5-16(13)19-7-6-12(10-19)11-20-2/h4-5,8,12,15H,3,6-7,9-11,18H2,1-2H3. The van der Waals surface area contributed by atoms with Crippen LogP contribution in [0.1, 0.15) is 25.3 Å². The Morgan fingerprint density at radius 3 is 3.00 bits per heavy atom. The molecule has 2 N–H and O–H groups in total. The van der Waals surface area contributed by atoms with Crippen molar-refractivity contribution >= 4 is 5.69 Å². The molecule has 1 heterocycles. The summed E-state index contributed by atoms with van der Waals surface area (Å²) >= 11 is 0. The summed E-state index contributed by atoms with van der Waals surface area (Å²) in [7, 11) is 1.74. The summed E-state index contributed by atoms with van der Waals surface area (Å²) in [5.41, 5.74) is 8.20. The molecule has 0 saturated carbocycles. The van der Waals surface area contributed by atoms with Crippen LogP contribution >= 0.6 is 0 Å². The van der Waals surface area contributed by atoms with Gasteiger partial charge in [0.15, 0.2) is 0 Å². The van der Waals surface area contributed by atoms with Gasteiger partial charge in [-0.1, -0.05) is 6.92 Å². The molecule has 4 heteroatoms. The lowest BCUT2D eigenvalue weighted by Gasteiger charge is -2.23. The van der Waals surface area contributed by atoms with E-state index < -0.39 is 0 Å². The van der Waals surface area contributed by atoms with Crippen molar-refractivity contribution in [2.24, 2.45) is 11.7 Å². The Hall–Kier alpha value is -1.13. The maximum absolute atomic E-state index is 13.5. The van der Waals surface area contributed by atoms with E-state index in [2.05, 4.69) is 11.8 Å². The van der Waals surface area contributed by atoms with E-state index in [1.54, 1.807) is 19.2 Å². The first-order chi connectivity index (χ1) is 9.63. The minimum absolute atomic E-state index is 0.0907. The average Bonchev–Trinajstić information content (AvgIpc) is 2.87. The lowest BCUT2D eigenvalue weighted by Crippen LogP contribution is -2.26. The lowest BCUT2D eigenvalue weighted by atomic mass is 10.0. The van der Waals surface area contributed by atoms with Gasteiger partial charge in [-0.2, -0.15) is 0 Å². The number of rotatable bonds is 6. The molecule has 1 aliphatic heterocycles. The maximum Gasteiger partial charge on any atom is 0.123 e. The fourth-order valence-electron chi connectivity index (χ4n) is 2.88. The second-order valence-corrected chi connectivity index (χ2v) is 5.70. The Morgan fingerprint density at radius 2 is 2.30 bits per heavy atom. The Bertz CT molecular complexity index is 438. The molecule has 3 nitrogen and oxygen atoms in total. The van der Waals surface area contributed by atoms with Crippen LogP contribution in [0.3, 0.4) is 0 Å². The molecule has 0 radical (unpaired) electrons. The van der Waals surface area contributed by atoms with E-state index in [0.717, 1.165) is 50.2 Å². The van der Waals surface area contributed by atoms with E-state index in [9.17, 15) is 4.39 Å². The fourth-order valence-corrected chi connectivity index (χ4v) is 2.88. The van der Waals surface area contributed by atoms with Gasteiger partial charge in [0, 0.05) is 37.8 Å². The Kier molecular flexibility index (Phi) is 5.38. The molecule has 0 spiro atoms. The van der Waals surface area contributed by atoms with Crippen molar-refractivity contribution in [1.29, 1.82) is 0 Å². The zero-order valence-corrected chi connectivity index (χ0v) is 12.4. The van der Waals surface area contributed by atoms with E-state index in [-0.39, 0.29) is 11.9 Å². The van der Waals surface area contributed by atoms with Crippen molar-refractivity contribution in [1.82, 2.24) is 0 Å². The number of methoxy groups -OCH3 is 1. The van der Waals surface area contributed by atoms with E-state index in [1.807, 2.05) is 6.07 Å². The zero-order valence-electron chi connectivity index (χ0n) is 12.4. The molecule has 0 amide bonds. The van der Waals surface area contributed by atoms with E-state index in [4.69, 9.17) is 10.5 Å². The third kappa shape index (κ3) is 3.70. The van der Waals surface area contributed by atoms with Gasteiger partial charge in [-0.25, -0.2) is 4.39 Å². The molecule has 0 aromatic heterocycles. The highest BCUT2D eigenvalue weighted by molar-refractivity contribution is 5.55. The summed E-state index contributed by atoms with van der Waals surface area (Å²) < 4.78 is 18.7. The number of hydrogen-bond donors (Lipinski definition) is 1. The number of hydrogen-bond acceptors (Lipinski definition) is 3. The van der Waals surface area contributed by atoms with Gasteiger partial charge in [0.2, 0.25) is 0 Å². The van der Waals surface area contributed by atoms with Gasteiger partial charge in [-0.05, 0) is 43.0 Å². The first-order valence-electron chi connectivity index (χ1n) is 7.42. The smallest absolute Gasteiger partial charge is 0.123 e. The van der Waals surface area contributed by atoms with E-state index >= 15 is 0 Å². The van der Waals surface area contributed by atoms with Gasteiger partial charge in [-0.3, -0.25) is 0 Å². The minimum atomic E-state index is -0.181.